The van der Waals surface area contributed by atoms with Crippen LogP contribution in [0.15, 0.2) is 149 Å². The zero-order valence-corrected chi connectivity index (χ0v) is 33.7. The number of anilines is 1. The summed E-state index contributed by atoms with van der Waals surface area (Å²) < 4.78 is 70.3. The van der Waals surface area contributed by atoms with E-state index in [0.29, 0.717) is 11.4 Å². The number of para-hydroxylation sites is 2. The number of nitrogens with one attached hydrogen (secondary N) is 1. The van der Waals surface area contributed by atoms with E-state index >= 15 is 0 Å². The van der Waals surface area contributed by atoms with Gasteiger partial charge in [0.25, 0.3) is 20.2 Å². The van der Waals surface area contributed by atoms with E-state index in [1.54, 1.807) is 36.4 Å². The number of esters is 1. The van der Waals surface area contributed by atoms with Crippen molar-refractivity contribution in [1.82, 2.24) is 9.47 Å². The predicted octanol–water partition coefficient (Wildman–Crippen LogP) is 7.58. The molecule has 4 N–H and O–H groups in total. The van der Waals surface area contributed by atoms with E-state index in [-0.39, 0.29) is 28.0 Å². The topological polar surface area (TPSA) is 193 Å². The van der Waals surface area contributed by atoms with Crippen LogP contribution in [-0.2, 0) is 44.5 Å². The Bertz CT molecular complexity index is 2790. The molecule has 6 aromatic carbocycles. The first-order valence-corrected chi connectivity index (χ1v) is 21.1. The number of amides is 1. The fourth-order valence-corrected chi connectivity index (χ4v) is 8.22. The molecule has 0 saturated carbocycles. The van der Waals surface area contributed by atoms with Crippen LogP contribution in [0.4, 0.5) is 5.69 Å². The van der Waals surface area contributed by atoms with Gasteiger partial charge in [0.15, 0.2) is 0 Å². The summed E-state index contributed by atoms with van der Waals surface area (Å²) in [6.45, 7) is 4.60. The van der Waals surface area contributed by atoms with E-state index in [1.807, 2.05) is 0 Å². The third kappa shape index (κ3) is 10.4. The van der Waals surface area contributed by atoms with Gasteiger partial charge in [0, 0.05) is 66.0 Å². The van der Waals surface area contributed by atoms with Gasteiger partial charge >= 0.3 is 5.97 Å². The summed E-state index contributed by atoms with van der Waals surface area (Å²) in [5, 5.41) is 13.6. The molecule has 1 amide bonds. The zero-order valence-electron chi connectivity index (χ0n) is 32.0. The molecule has 0 radical (unpaired) electrons. The first-order chi connectivity index (χ1) is 28.1. The van der Waals surface area contributed by atoms with Crippen LogP contribution in [0.5, 0.6) is 11.5 Å². The lowest BCUT2D eigenvalue weighted by molar-refractivity contribution is -0.114. The van der Waals surface area contributed by atoms with Crippen molar-refractivity contribution in [2.45, 2.75) is 36.2 Å². The SMILES string of the molecule is CC(=O)Nc1ccc(OC(=O)c2ccccc2O)cc1.CN1CCc2c(c3ccccc3n2Cc2ccccc2)C1.O=S(=O)(O)c1cccc2c(S(=O)(=O)O)cccc12. The predicted molar refractivity (Wildman–Crippen MR) is 225 cm³/mol. The minimum Gasteiger partial charge on any atom is -0.507 e. The molecule has 1 aliphatic heterocycles. The van der Waals surface area contributed by atoms with Gasteiger partial charge in [0.05, 0.1) is 0 Å². The number of nitrogens with zero attached hydrogens (tertiary/aromatic N) is 2. The maximum atomic E-state index is 11.8. The number of hydrogen-bond acceptors (Lipinski definition) is 9. The molecule has 2 heterocycles. The molecule has 0 atom stereocenters. The minimum atomic E-state index is -4.47. The Morgan fingerprint density at radius 1 is 0.695 bits per heavy atom. The maximum absolute atomic E-state index is 11.8. The van der Waals surface area contributed by atoms with Gasteiger partial charge in [-0.1, -0.05) is 84.9 Å². The van der Waals surface area contributed by atoms with E-state index in [0.717, 1.165) is 38.2 Å². The summed E-state index contributed by atoms with van der Waals surface area (Å²) in [6, 6.07) is 39.6. The van der Waals surface area contributed by atoms with E-state index in [1.165, 1.54) is 71.0 Å². The van der Waals surface area contributed by atoms with Crippen molar-refractivity contribution in [1.29, 1.82) is 0 Å². The largest absolute Gasteiger partial charge is 0.507 e. The van der Waals surface area contributed by atoms with Crippen molar-refractivity contribution in [3.63, 3.8) is 0 Å². The molecule has 59 heavy (non-hydrogen) atoms. The molecule has 7 aromatic rings. The molecule has 1 aromatic heterocycles. The number of aromatic nitrogens is 1. The monoisotopic (exact) mass is 835 g/mol. The smallest absolute Gasteiger partial charge is 0.347 e. The van der Waals surface area contributed by atoms with Crippen LogP contribution in [0.3, 0.4) is 0 Å². The molecule has 15 heteroatoms. The summed E-state index contributed by atoms with van der Waals surface area (Å²) in [6.07, 6.45) is 1.15. The molecule has 0 saturated heterocycles. The van der Waals surface area contributed by atoms with Crippen LogP contribution in [0.25, 0.3) is 21.7 Å². The van der Waals surface area contributed by atoms with Crippen molar-refractivity contribution < 1.29 is 45.4 Å². The number of ether oxygens (including phenoxy) is 1. The van der Waals surface area contributed by atoms with Gasteiger partial charge < -0.3 is 24.6 Å². The molecular weight excluding hydrogens is 795 g/mol. The van der Waals surface area contributed by atoms with Gasteiger partial charge in [-0.3, -0.25) is 13.9 Å². The fourth-order valence-electron chi connectivity index (χ4n) is 6.80. The molecule has 0 fully saturated rings. The van der Waals surface area contributed by atoms with E-state index < -0.39 is 36.0 Å². The standard InChI is InChI=1S/C19H20N2.C15H13NO4.C10H8O6S2/c1-20-12-11-19-17(14-20)16-9-5-6-10-18(16)21(19)13-15-7-3-2-4-8-15;1-10(17)16-11-6-8-12(9-7-11)20-15(19)13-4-2-3-5-14(13)18;11-17(12,13)9-5-1-3-7-8(9)4-2-6-10(7)18(14,15)16/h2-10H,11-14H2,1H3;2-9,18H,1H3,(H,16,17);1-6H,(H,11,12,13)(H,14,15,16). The summed E-state index contributed by atoms with van der Waals surface area (Å²) >= 11 is 0. The third-order valence-electron chi connectivity index (χ3n) is 9.44. The first-order valence-electron chi connectivity index (χ1n) is 18.3. The lowest BCUT2D eigenvalue weighted by Crippen LogP contribution is -2.27. The van der Waals surface area contributed by atoms with Crippen molar-refractivity contribution in [2.24, 2.45) is 0 Å². The van der Waals surface area contributed by atoms with E-state index in [9.17, 15) is 31.5 Å². The van der Waals surface area contributed by atoms with Gasteiger partial charge in [-0.2, -0.15) is 16.8 Å². The minimum absolute atomic E-state index is 0.0233. The van der Waals surface area contributed by atoms with Gasteiger partial charge in [-0.05, 0) is 72.8 Å². The summed E-state index contributed by atoms with van der Waals surface area (Å²) in [4.78, 5) is 24.3. The number of phenolic OH excluding ortho intramolecular Hbond substituents is 1. The Morgan fingerprint density at radius 3 is 1.85 bits per heavy atom. The highest BCUT2D eigenvalue weighted by Crippen LogP contribution is 2.32. The number of rotatable bonds is 7. The van der Waals surface area contributed by atoms with Crippen LogP contribution in [0.1, 0.15) is 34.1 Å². The Kier molecular flexibility index (Phi) is 12.9. The summed E-state index contributed by atoms with van der Waals surface area (Å²) in [5.41, 5.74) is 6.51. The zero-order chi connectivity index (χ0) is 42.3. The molecule has 304 valence electrons. The number of hydrogen-bond donors (Lipinski definition) is 4. The van der Waals surface area contributed by atoms with Crippen LogP contribution in [0.2, 0.25) is 0 Å². The average Bonchev–Trinajstić information content (AvgIpc) is 3.50. The third-order valence-corrected chi connectivity index (χ3v) is 11.3. The molecule has 13 nitrogen and oxygen atoms in total. The van der Waals surface area contributed by atoms with E-state index in [4.69, 9.17) is 13.8 Å². The van der Waals surface area contributed by atoms with Gasteiger partial charge in [-0.25, -0.2) is 4.79 Å². The highest BCUT2D eigenvalue weighted by molar-refractivity contribution is 7.86. The second kappa shape index (κ2) is 18.1. The highest BCUT2D eigenvalue weighted by Gasteiger charge is 2.22. The Balaban J connectivity index is 0.000000149. The lowest BCUT2D eigenvalue weighted by atomic mass is 10.1. The van der Waals surface area contributed by atoms with E-state index in [2.05, 4.69) is 76.4 Å². The van der Waals surface area contributed by atoms with Crippen molar-refractivity contribution >= 4 is 59.5 Å². The number of likely N-dealkylation sites (N-methyl/N-ethyl adjacent to an activating group) is 1. The number of carbonyl (C=O) groups is 2. The van der Waals surface area contributed by atoms with Crippen LogP contribution in [0, 0.1) is 0 Å². The molecule has 1 aliphatic rings. The van der Waals surface area contributed by atoms with Crippen molar-refractivity contribution in [3.05, 3.63) is 162 Å². The Hall–Kier alpha value is -6.36. The number of carbonyl (C=O) groups excluding carboxylic acids is 2. The maximum Gasteiger partial charge on any atom is 0.347 e. The first kappa shape index (κ1) is 42.3. The molecule has 0 unspecified atom stereocenters. The van der Waals surface area contributed by atoms with Gasteiger partial charge in [-0.15, -0.1) is 0 Å². The van der Waals surface area contributed by atoms with Crippen LogP contribution in [-0.4, -0.2) is 66.0 Å². The van der Waals surface area contributed by atoms with Gasteiger partial charge in [0.2, 0.25) is 5.91 Å². The summed E-state index contributed by atoms with van der Waals surface area (Å²) in [7, 11) is -6.72. The van der Waals surface area contributed by atoms with Crippen LogP contribution < -0.4 is 10.1 Å². The fraction of sp³-hybridized carbons (Fsp3) is 0.136. The summed E-state index contributed by atoms with van der Waals surface area (Å²) in [5.74, 6) is -0.626. The number of benzene rings is 6. The Labute approximate surface area is 341 Å². The molecule has 0 aliphatic carbocycles. The quantitative estimate of drug-likeness (QED) is 0.0703. The number of phenols is 1. The molecular formula is C44H41N3O10S2. The van der Waals surface area contributed by atoms with Crippen molar-refractivity contribution in [3.8, 4) is 11.5 Å². The second-order valence-electron chi connectivity index (χ2n) is 13.7. The Morgan fingerprint density at radius 2 is 1.25 bits per heavy atom. The normalized spacial score (nSPS) is 12.7. The molecule has 0 spiro atoms. The van der Waals surface area contributed by atoms with Crippen molar-refractivity contribution in [2.75, 3.05) is 18.9 Å². The lowest BCUT2D eigenvalue weighted by Gasteiger charge is -2.24. The number of fused-ring (bicyclic) bond motifs is 4. The number of aromatic hydroxyl groups is 1. The molecule has 0 bridgehead atoms. The second-order valence-corrected chi connectivity index (χ2v) is 16.5. The molecule has 8 rings (SSSR count). The average molecular weight is 836 g/mol. The highest BCUT2D eigenvalue weighted by atomic mass is 32.2. The van der Waals surface area contributed by atoms with Crippen LogP contribution >= 0.6 is 0 Å². The van der Waals surface area contributed by atoms with Gasteiger partial charge in [0.1, 0.15) is 26.9 Å².